The van der Waals surface area contributed by atoms with Crippen molar-refractivity contribution in [3.8, 4) is 5.75 Å². The van der Waals surface area contributed by atoms with Gasteiger partial charge in [-0.15, -0.1) is 0 Å². The Morgan fingerprint density at radius 2 is 2.00 bits per heavy atom. The van der Waals surface area contributed by atoms with Crippen LogP contribution in [-0.4, -0.2) is 43.3 Å². The van der Waals surface area contributed by atoms with Crippen LogP contribution in [0.4, 0.5) is 4.39 Å². The van der Waals surface area contributed by atoms with Gasteiger partial charge < -0.3 is 19.9 Å². The van der Waals surface area contributed by atoms with E-state index < -0.39 is 24.3 Å². The Kier molecular flexibility index (Phi) is 6.31. The second-order valence-corrected chi connectivity index (χ2v) is 3.52. The highest BCUT2D eigenvalue weighted by molar-refractivity contribution is 5.77. The third-order valence-electron chi connectivity index (χ3n) is 1.98. The van der Waals surface area contributed by atoms with E-state index in [1.165, 1.54) is 12.1 Å². The largest absolute Gasteiger partial charge is 0.489 e. The number of halogens is 1. The lowest BCUT2D eigenvalue weighted by molar-refractivity contribution is -0.143. The van der Waals surface area contributed by atoms with Crippen LogP contribution in [0.2, 0.25) is 0 Å². The lowest BCUT2D eigenvalue weighted by Crippen LogP contribution is -2.32. The van der Waals surface area contributed by atoms with Crippen LogP contribution in [0, 0.1) is 5.82 Å². The summed E-state index contributed by atoms with van der Waals surface area (Å²) in [5, 5.41) is 10.7. The smallest absolute Gasteiger partial charge is 0.329 e. The molecule has 6 nitrogen and oxygen atoms in total. The van der Waals surface area contributed by atoms with Gasteiger partial charge in [-0.2, -0.15) is 0 Å². The Morgan fingerprint density at radius 1 is 1.26 bits per heavy atom. The molecule has 1 rings (SSSR count). The molecule has 0 spiro atoms. The molecule has 1 aromatic carbocycles. The van der Waals surface area contributed by atoms with Gasteiger partial charge in [0.05, 0.1) is 6.54 Å². The fraction of sp³-hybridized carbons (Fsp3) is 0.333. The van der Waals surface area contributed by atoms with Crippen molar-refractivity contribution >= 4 is 11.9 Å². The quantitative estimate of drug-likeness (QED) is 0.669. The maximum Gasteiger partial charge on any atom is 0.329 e. The Labute approximate surface area is 109 Å². The first-order valence-corrected chi connectivity index (χ1v) is 5.53. The van der Waals surface area contributed by atoms with Crippen molar-refractivity contribution in [3.05, 3.63) is 30.1 Å². The van der Waals surface area contributed by atoms with E-state index in [1.807, 2.05) is 0 Å². The Bertz CT molecular complexity index is 438. The van der Waals surface area contributed by atoms with Crippen LogP contribution >= 0.6 is 0 Å². The number of nitrogens with one attached hydrogen (secondary N) is 1. The van der Waals surface area contributed by atoms with Crippen LogP contribution in [0.25, 0.3) is 0 Å². The maximum absolute atomic E-state index is 13.1. The molecule has 0 aliphatic heterocycles. The van der Waals surface area contributed by atoms with Gasteiger partial charge in [0.15, 0.2) is 11.6 Å². The normalized spacial score (nSPS) is 9.95. The highest BCUT2D eigenvalue weighted by Crippen LogP contribution is 2.14. The molecule has 1 aromatic rings. The number of carbonyl (C=O) groups excluding carboxylic acids is 1. The maximum atomic E-state index is 13.1. The molecule has 0 saturated heterocycles. The van der Waals surface area contributed by atoms with Crippen LogP contribution in [0.1, 0.15) is 0 Å². The van der Waals surface area contributed by atoms with Crippen molar-refractivity contribution < 1.29 is 28.6 Å². The highest BCUT2D eigenvalue weighted by Gasteiger charge is 2.04. The van der Waals surface area contributed by atoms with Crippen LogP contribution in [0.15, 0.2) is 24.3 Å². The fourth-order valence-electron chi connectivity index (χ4n) is 1.20. The third-order valence-corrected chi connectivity index (χ3v) is 1.98. The number of carbonyl (C=O) groups is 2. The molecule has 0 aliphatic carbocycles. The van der Waals surface area contributed by atoms with Gasteiger partial charge in [0, 0.05) is 0 Å². The van der Waals surface area contributed by atoms with Gasteiger partial charge in [-0.25, -0.2) is 9.18 Å². The molecule has 104 valence electrons. The average molecular weight is 271 g/mol. The average Bonchev–Trinajstić information content (AvgIpc) is 2.36. The summed E-state index contributed by atoms with van der Waals surface area (Å²) in [6.45, 7) is -0.597. The summed E-state index contributed by atoms with van der Waals surface area (Å²) in [4.78, 5) is 21.3. The van der Waals surface area contributed by atoms with E-state index in [0.717, 1.165) is 0 Å². The molecule has 0 aromatic heterocycles. The van der Waals surface area contributed by atoms with Gasteiger partial charge in [-0.3, -0.25) is 4.79 Å². The summed E-state index contributed by atoms with van der Waals surface area (Å²) in [5.41, 5.74) is 0. The fourth-order valence-corrected chi connectivity index (χ4v) is 1.20. The van der Waals surface area contributed by atoms with Gasteiger partial charge in [0.25, 0.3) is 0 Å². The molecule has 0 heterocycles. The van der Waals surface area contributed by atoms with Crippen molar-refractivity contribution in [2.24, 2.45) is 0 Å². The summed E-state index contributed by atoms with van der Waals surface area (Å²) >= 11 is 0. The molecule has 0 saturated carbocycles. The van der Waals surface area contributed by atoms with E-state index in [9.17, 15) is 14.0 Å². The van der Waals surface area contributed by atoms with Crippen molar-refractivity contribution in [3.63, 3.8) is 0 Å². The summed E-state index contributed by atoms with van der Waals surface area (Å²) in [7, 11) is 0. The number of hydrogen-bond acceptors (Lipinski definition) is 4. The van der Waals surface area contributed by atoms with Gasteiger partial charge >= 0.3 is 5.97 Å². The van der Waals surface area contributed by atoms with Crippen molar-refractivity contribution in [1.29, 1.82) is 0 Å². The first-order chi connectivity index (χ1) is 9.09. The number of carboxylic acid groups (broad SMARTS) is 1. The lowest BCUT2D eigenvalue weighted by atomic mass is 10.3. The topological polar surface area (TPSA) is 84.9 Å². The van der Waals surface area contributed by atoms with E-state index in [-0.39, 0.29) is 25.5 Å². The molecule has 0 atom stereocenters. The molecule has 0 radical (unpaired) electrons. The SMILES string of the molecule is O=C(O)COCC(=O)NCCOc1ccccc1F. The van der Waals surface area contributed by atoms with Crippen LogP contribution in [0.5, 0.6) is 5.75 Å². The highest BCUT2D eigenvalue weighted by atomic mass is 19.1. The predicted octanol–water partition coefficient (Wildman–Crippen LogP) is 0.422. The molecule has 19 heavy (non-hydrogen) atoms. The first kappa shape index (κ1) is 14.9. The minimum Gasteiger partial charge on any atom is -0.489 e. The van der Waals surface area contributed by atoms with E-state index in [2.05, 4.69) is 10.1 Å². The van der Waals surface area contributed by atoms with Crippen LogP contribution in [0.3, 0.4) is 0 Å². The molecule has 0 fully saturated rings. The van der Waals surface area contributed by atoms with Gasteiger partial charge in [-0.1, -0.05) is 12.1 Å². The number of benzene rings is 1. The number of aliphatic carboxylic acids is 1. The zero-order valence-corrected chi connectivity index (χ0v) is 10.1. The Hall–Kier alpha value is -2.15. The van der Waals surface area contributed by atoms with Crippen molar-refractivity contribution in [1.82, 2.24) is 5.32 Å². The van der Waals surface area contributed by atoms with E-state index >= 15 is 0 Å². The zero-order chi connectivity index (χ0) is 14.1. The van der Waals surface area contributed by atoms with E-state index in [4.69, 9.17) is 9.84 Å². The molecular weight excluding hydrogens is 257 g/mol. The first-order valence-electron chi connectivity index (χ1n) is 5.53. The zero-order valence-electron chi connectivity index (χ0n) is 10.1. The van der Waals surface area contributed by atoms with Crippen LogP contribution in [-0.2, 0) is 14.3 Å². The second-order valence-electron chi connectivity index (χ2n) is 3.52. The number of para-hydroxylation sites is 1. The number of amides is 1. The van der Waals surface area contributed by atoms with Gasteiger partial charge in [0.2, 0.25) is 5.91 Å². The van der Waals surface area contributed by atoms with Gasteiger partial charge in [0.1, 0.15) is 19.8 Å². The van der Waals surface area contributed by atoms with Crippen molar-refractivity contribution in [2.75, 3.05) is 26.4 Å². The lowest BCUT2D eigenvalue weighted by Gasteiger charge is -2.08. The molecule has 0 aliphatic rings. The Balaban J connectivity index is 2.12. The number of ether oxygens (including phenoxy) is 2. The summed E-state index contributed by atoms with van der Waals surface area (Å²) in [5.74, 6) is -1.97. The monoisotopic (exact) mass is 271 g/mol. The minimum atomic E-state index is -1.14. The van der Waals surface area contributed by atoms with E-state index in [1.54, 1.807) is 12.1 Å². The summed E-state index contributed by atoms with van der Waals surface area (Å²) in [6, 6.07) is 5.93. The number of rotatable bonds is 8. The molecule has 0 bridgehead atoms. The predicted molar refractivity (Wildman–Crippen MR) is 63.4 cm³/mol. The number of hydrogen-bond donors (Lipinski definition) is 2. The van der Waals surface area contributed by atoms with Crippen LogP contribution < -0.4 is 10.1 Å². The molecule has 7 heteroatoms. The molecule has 2 N–H and O–H groups in total. The minimum absolute atomic E-state index is 0.103. The standard InChI is InChI=1S/C12H14FNO5/c13-9-3-1-2-4-10(9)19-6-5-14-11(15)7-18-8-12(16)17/h1-4H,5-8H2,(H,14,15)(H,16,17). The second kappa shape index (κ2) is 8.04. The van der Waals surface area contributed by atoms with Crippen molar-refractivity contribution in [2.45, 2.75) is 0 Å². The van der Waals surface area contributed by atoms with E-state index in [0.29, 0.717) is 0 Å². The Morgan fingerprint density at radius 3 is 2.68 bits per heavy atom. The molecule has 1 amide bonds. The summed E-state index contributed by atoms with van der Waals surface area (Å²) in [6.07, 6.45) is 0. The molecule has 0 unspecified atom stereocenters. The molecular formula is C12H14FNO5. The number of carboxylic acids is 1. The summed E-state index contributed by atoms with van der Waals surface area (Å²) < 4.78 is 22.8. The van der Waals surface area contributed by atoms with Gasteiger partial charge in [-0.05, 0) is 12.1 Å². The third kappa shape index (κ3) is 6.37.